The van der Waals surface area contributed by atoms with E-state index in [1.54, 1.807) is 38.1 Å². The number of nitrogens with zero attached hydrogens (tertiary/aromatic N) is 3. The molecule has 0 fully saturated rings. The number of amides is 2. The summed E-state index contributed by atoms with van der Waals surface area (Å²) in [6, 6.07) is 12.0. The van der Waals surface area contributed by atoms with Crippen LogP contribution in [-0.4, -0.2) is 55.4 Å². The lowest BCUT2D eigenvalue weighted by Crippen LogP contribution is -2.51. The number of non-ortho nitro benzene ring substituents is 1. The Bertz CT molecular complexity index is 1170. The molecule has 0 unspecified atom stereocenters. The van der Waals surface area contributed by atoms with Crippen LogP contribution in [0.1, 0.15) is 31.9 Å². The third-order valence-electron chi connectivity index (χ3n) is 5.40. The van der Waals surface area contributed by atoms with Crippen LogP contribution in [0.4, 0.5) is 11.4 Å². The molecular formula is C24H32N4O6S. The number of anilines is 1. The molecule has 2 rings (SSSR count). The maximum Gasteiger partial charge on any atom is 0.271 e. The predicted octanol–water partition coefficient (Wildman–Crippen LogP) is 2.86. The molecule has 0 aliphatic rings. The highest BCUT2D eigenvalue weighted by Gasteiger charge is 2.31. The van der Waals surface area contributed by atoms with Gasteiger partial charge in [0.1, 0.15) is 12.6 Å². The van der Waals surface area contributed by atoms with Crippen molar-refractivity contribution in [3.05, 3.63) is 69.8 Å². The van der Waals surface area contributed by atoms with Crippen LogP contribution >= 0.6 is 0 Å². The average Bonchev–Trinajstić information content (AvgIpc) is 2.79. The third kappa shape index (κ3) is 7.78. The zero-order chi connectivity index (χ0) is 26.3. The SMILES string of the molecule is Cc1ccc([N+](=O)[O-])cc1N(CC(=O)N(Cc1ccccc1)[C@@H](C)C(=O)NCC(C)C)S(C)(=O)=O. The van der Waals surface area contributed by atoms with Gasteiger partial charge in [0.2, 0.25) is 21.8 Å². The zero-order valence-electron chi connectivity index (χ0n) is 20.6. The highest BCUT2D eigenvalue weighted by Crippen LogP contribution is 2.28. The fourth-order valence-electron chi connectivity index (χ4n) is 3.39. The molecule has 190 valence electrons. The van der Waals surface area contributed by atoms with Crippen molar-refractivity contribution in [3.63, 3.8) is 0 Å². The van der Waals surface area contributed by atoms with Crippen LogP contribution in [0.3, 0.4) is 0 Å². The highest BCUT2D eigenvalue weighted by atomic mass is 32.2. The van der Waals surface area contributed by atoms with Gasteiger partial charge < -0.3 is 10.2 Å². The van der Waals surface area contributed by atoms with Gasteiger partial charge in [-0.25, -0.2) is 8.42 Å². The Balaban J connectivity index is 2.43. The van der Waals surface area contributed by atoms with E-state index in [1.807, 2.05) is 19.9 Å². The van der Waals surface area contributed by atoms with E-state index < -0.39 is 33.4 Å². The maximum atomic E-state index is 13.5. The molecule has 10 nitrogen and oxygen atoms in total. The van der Waals surface area contributed by atoms with Crippen LogP contribution in [0.5, 0.6) is 0 Å². The van der Waals surface area contributed by atoms with Crippen molar-refractivity contribution in [1.29, 1.82) is 0 Å². The second-order valence-corrected chi connectivity index (χ2v) is 10.7. The number of rotatable bonds is 11. The molecule has 0 radical (unpaired) electrons. The van der Waals surface area contributed by atoms with Gasteiger partial charge in [-0.05, 0) is 30.9 Å². The van der Waals surface area contributed by atoms with Gasteiger partial charge in [-0.1, -0.05) is 50.2 Å². The van der Waals surface area contributed by atoms with E-state index in [-0.39, 0.29) is 29.7 Å². The molecule has 0 bridgehead atoms. The van der Waals surface area contributed by atoms with Gasteiger partial charge in [-0.2, -0.15) is 0 Å². The maximum absolute atomic E-state index is 13.5. The van der Waals surface area contributed by atoms with Crippen LogP contribution in [-0.2, 0) is 26.2 Å². The lowest BCUT2D eigenvalue weighted by Gasteiger charge is -2.32. The molecular weight excluding hydrogens is 472 g/mol. The molecule has 0 aliphatic heterocycles. The largest absolute Gasteiger partial charge is 0.354 e. The molecule has 2 aromatic rings. The number of benzene rings is 2. The molecule has 11 heteroatoms. The summed E-state index contributed by atoms with van der Waals surface area (Å²) in [6.07, 6.45) is 0.929. The van der Waals surface area contributed by atoms with E-state index >= 15 is 0 Å². The fraction of sp³-hybridized carbons (Fsp3) is 0.417. The zero-order valence-corrected chi connectivity index (χ0v) is 21.4. The number of nitro groups is 1. The predicted molar refractivity (Wildman–Crippen MR) is 134 cm³/mol. The highest BCUT2D eigenvalue weighted by molar-refractivity contribution is 7.92. The molecule has 0 spiro atoms. The monoisotopic (exact) mass is 504 g/mol. The number of nitro benzene ring substituents is 1. The molecule has 1 N–H and O–H groups in total. The summed E-state index contributed by atoms with van der Waals surface area (Å²) >= 11 is 0. The average molecular weight is 505 g/mol. The number of nitrogens with one attached hydrogen (secondary N) is 1. The molecule has 2 aromatic carbocycles. The van der Waals surface area contributed by atoms with Crippen molar-refractivity contribution < 1.29 is 22.9 Å². The van der Waals surface area contributed by atoms with Gasteiger partial charge in [0.25, 0.3) is 5.69 Å². The molecule has 0 heterocycles. The van der Waals surface area contributed by atoms with Gasteiger partial charge in [0.15, 0.2) is 0 Å². The molecule has 0 aliphatic carbocycles. The quantitative estimate of drug-likeness (QED) is 0.370. The second-order valence-electron chi connectivity index (χ2n) is 8.82. The number of carbonyl (C=O) groups is 2. The van der Waals surface area contributed by atoms with Crippen molar-refractivity contribution in [2.45, 2.75) is 40.3 Å². The Labute approximate surface area is 206 Å². The smallest absolute Gasteiger partial charge is 0.271 e. The summed E-state index contributed by atoms with van der Waals surface area (Å²) in [4.78, 5) is 38.2. The standard InChI is InChI=1S/C24H32N4O6S/c1-17(2)14-25-24(30)19(4)26(15-20-9-7-6-8-10-20)23(29)16-27(35(5,33)34)22-13-21(28(31)32)12-11-18(22)3/h6-13,17,19H,14-16H2,1-5H3,(H,25,30)/t19-/m0/s1. The molecule has 0 aromatic heterocycles. The first-order valence-electron chi connectivity index (χ1n) is 11.1. The summed E-state index contributed by atoms with van der Waals surface area (Å²) in [6.45, 7) is 6.98. The van der Waals surface area contributed by atoms with Gasteiger partial charge >= 0.3 is 0 Å². The Morgan fingerprint density at radius 2 is 1.71 bits per heavy atom. The molecule has 1 atom stereocenters. The summed E-state index contributed by atoms with van der Waals surface area (Å²) < 4.78 is 26.2. The number of aryl methyl sites for hydroxylation is 1. The summed E-state index contributed by atoms with van der Waals surface area (Å²) in [5, 5.41) is 14.1. The van der Waals surface area contributed by atoms with E-state index in [0.717, 1.165) is 22.2 Å². The number of carbonyl (C=O) groups excluding carboxylic acids is 2. The van der Waals surface area contributed by atoms with E-state index in [4.69, 9.17) is 0 Å². The van der Waals surface area contributed by atoms with Crippen molar-refractivity contribution >= 4 is 33.2 Å². The van der Waals surface area contributed by atoms with Crippen molar-refractivity contribution in [2.75, 3.05) is 23.7 Å². The van der Waals surface area contributed by atoms with E-state index in [1.165, 1.54) is 17.0 Å². The third-order valence-corrected chi connectivity index (χ3v) is 6.53. The molecule has 0 saturated heterocycles. The first-order valence-corrected chi connectivity index (χ1v) is 13.0. The van der Waals surface area contributed by atoms with Crippen LogP contribution < -0.4 is 9.62 Å². The van der Waals surface area contributed by atoms with Crippen molar-refractivity contribution in [2.24, 2.45) is 5.92 Å². The molecule has 0 saturated carbocycles. The second kappa shape index (κ2) is 11.8. The van der Waals surface area contributed by atoms with Crippen molar-refractivity contribution in [1.82, 2.24) is 10.2 Å². The van der Waals surface area contributed by atoms with E-state index in [0.29, 0.717) is 12.1 Å². The summed E-state index contributed by atoms with van der Waals surface area (Å²) in [7, 11) is -3.99. The van der Waals surface area contributed by atoms with Crippen molar-refractivity contribution in [3.8, 4) is 0 Å². The molecule has 2 amide bonds. The van der Waals surface area contributed by atoms with Crippen LogP contribution in [0.15, 0.2) is 48.5 Å². The normalized spacial score (nSPS) is 12.2. The minimum absolute atomic E-state index is 0.0339. The number of hydrogen-bond acceptors (Lipinski definition) is 6. The topological polar surface area (TPSA) is 130 Å². The first kappa shape index (κ1) is 27.8. The van der Waals surface area contributed by atoms with Crippen LogP contribution in [0.2, 0.25) is 0 Å². The summed E-state index contributed by atoms with van der Waals surface area (Å²) in [5.74, 6) is -0.764. The fourth-order valence-corrected chi connectivity index (χ4v) is 4.29. The number of hydrogen-bond donors (Lipinski definition) is 1. The Kier molecular flexibility index (Phi) is 9.35. The van der Waals surface area contributed by atoms with Gasteiger partial charge in [0.05, 0.1) is 16.9 Å². The van der Waals surface area contributed by atoms with E-state index in [2.05, 4.69) is 5.32 Å². The minimum atomic E-state index is -3.99. The number of sulfonamides is 1. The Hall–Kier alpha value is -3.47. The van der Waals surface area contributed by atoms with Gasteiger partial charge in [-0.3, -0.25) is 24.0 Å². The lowest BCUT2D eigenvalue weighted by atomic mass is 10.1. The van der Waals surface area contributed by atoms with Crippen LogP contribution in [0, 0.1) is 23.0 Å². The minimum Gasteiger partial charge on any atom is -0.354 e. The Morgan fingerprint density at radius 1 is 1.09 bits per heavy atom. The van der Waals surface area contributed by atoms with Crippen LogP contribution in [0.25, 0.3) is 0 Å². The lowest BCUT2D eigenvalue weighted by molar-refractivity contribution is -0.384. The van der Waals surface area contributed by atoms with Gasteiger partial charge in [0, 0.05) is 25.2 Å². The van der Waals surface area contributed by atoms with Gasteiger partial charge in [-0.15, -0.1) is 0 Å². The summed E-state index contributed by atoms with van der Waals surface area (Å²) in [5.41, 5.74) is 0.953. The van der Waals surface area contributed by atoms with E-state index in [9.17, 15) is 28.1 Å². The first-order chi connectivity index (χ1) is 16.3. The Morgan fingerprint density at radius 3 is 2.26 bits per heavy atom. The molecule has 35 heavy (non-hydrogen) atoms.